The first-order valence-electron chi connectivity index (χ1n) is 9.49. The second-order valence-corrected chi connectivity index (χ2v) is 7.26. The first kappa shape index (κ1) is 19.7. The van der Waals surface area contributed by atoms with Crippen molar-refractivity contribution in [3.63, 3.8) is 0 Å². The van der Waals surface area contributed by atoms with Gasteiger partial charge in [-0.25, -0.2) is 9.37 Å². The molecular formula is C20H19FN6O3. The van der Waals surface area contributed by atoms with Gasteiger partial charge in [-0.1, -0.05) is 0 Å². The number of aliphatic hydroxyl groups is 1. The predicted octanol–water partition coefficient (Wildman–Crippen LogP) is 1.40. The summed E-state index contributed by atoms with van der Waals surface area (Å²) in [5.74, 6) is -0.440. The van der Waals surface area contributed by atoms with E-state index in [9.17, 15) is 19.1 Å². The summed E-state index contributed by atoms with van der Waals surface area (Å²) in [6.07, 6.45) is 0.862. The van der Waals surface area contributed by atoms with E-state index in [1.54, 1.807) is 30.3 Å². The molecule has 154 valence electrons. The van der Waals surface area contributed by atoms with E-state index in [0.717, 1.165) is 0 Å². The van der Waals surface area contributed by atoms with E-state index in [-0.39, 0.29) is 37.2 Å². The predicted molar refractivity (Wildman–Crippen MR) is 105 cm³/mol. The molecule has 4 rings (SSSR count). The molecular weight excluding hydrogens is 391 g/mol. The molecule has 30 heavy (non-hydrogen) atoms. The molecule has 9 nitrogen and oxygen atoms in total. The van der Waals surface area contributed by atoms with Gasteiger partial charge in [0.15, 0.2) is 0 Å². The first-order valence-corrected chi connectivity index (χ1v) is 9.49. The number of carbonyl (C=O) groups is 2. The number of rotatable bonds is 4. The summed E-state index contributed by atoms with van der Waals surface area (Å²) in [6, 6.07) is 9.79. The number of amides is 2. The molecule has 1 aromatic carbocycles. The monoisotopic (exact) mass is 410 g/mol. The topological polar surface area (TPSA) is 122 Å². The molecule has 2 fully saturated rings. The van der Waals surface area contributed by atoms with Crippen molar-refractivity contribution >= 4 is 29.3 Å². The van der Waals surface area contributed by atoms with Crippen molar-refractivity contribution < 1.29 is 19.1 Å². The smallest absolute Gasteiger partial charge is 0.275 e. The number of nitrogens with one attached hydrogen (secondary N) is 1. The molecule has 2 aliphatic heterocycles. The van der Waals surface area contributed by atoms with Crippen LogP contribution in [-0.4, -0.2) is 63.2 Å². The molecule has 2 amide bonds. The number of nitriles is 1. The van der Waals surface area contributed by atoms with Crippen LogP contribution >= 0.6 is 0 Å². The van der Waals surface area contributed by atoms with Gasteiger partial charge in [-0.3, -0.25) is 14.5 Å². The number of hydrogen-bond acceptors (Lipinski definition) is 7. The van der Waals surface area contributed by atoms with Gasteiger partial charge >= 0.3 is 0 Å². The second kappa shape index (κ2) is 7.68. The minimum atomic E-state index is -2.03. The first-order chi connectivity index (χ1) is 14.4. The molecule has 0 unspecified atom stereocenters. The number of anilines is 3. The molecule has 2 saturated heterocycles. The maximum absolute atomic E-state index is 13.3. The zero-order valence-corrected chi connectivity index (χ0v) is 16.0. The Balaban J connectivity index is 1.45. The Morgan fingerprint density at radius 1 is 1.30 bits per heavy atom. The number of aromatic nitrogens is 2. The fourth-order valence-electron chi connectivity index (χ4n) is 3.50. The molecule has 1 aromatic heterocycles. The van der Waals surface area contributed by atoms with Crippen LogP contribution in [0.3, 0.4) is 0 Å². The number of carbonyl (C=O) groups excluding carboxylic acids is 2. The lowest BCUT2D eigenvalue weighted by molar-refractivity contribution is -0.128. The van der Waals surface area contributed by atoms with Crippen molar-refractivity contribution in [2.24, 2.45) is 0 Å². The maximum Gasteiger partial charge on any atom is 0.275 e. The molecule has 0 aliphatic carbocycles. The highest BCUT2D eigenvalue weighted by molar-refractivity contribution is 6.03. The number of nitrogens with zero attached hydrogens (tertiary/aromatic N) is 5. The molecule has 0 saturated carbocycles. The normalized spacial score (nSPS) is 23.5. The average molecular weight is 410 g/mol. The van der Waals surface area contributed by atoms with Crippen LogP contribution in [0.2, 0.25) is 0 Å². The van der Waals surface area contributed by atoms with Gasteiger partial charge < -0.3 is 15.3 Å². The van der Waals surface area contributed by atoms with Crippen LogP contribution in [-0.2, 0) is 4.79 Å². The van der Waals surface area contributed by atoms with Gasteiger partial charge in [-0.15, -0.1) is 0 Å². The lowest BCUT2D eigenvalue weighted by atomic mass is 10.1. The number of hydrogen-bond donors (Lipinski definition) is 2. The van der Waals surface area contributed by atoms with E-state index in [0.29, 0.717) is 24.2 Å². The van der Waals surface area contributed by atoms with Crippen LogP contribution in [0.5, 0.6) is 0 Å². The Labute approximate surface area is 171 Å². The summed E-state index contributed by atoms with van der Waals surface area (Å²) in [6.45, 7) is 0.707. The fourth-order valence-corrected chi connectivity index (χ4v) is 3.50. The van der Waals surface area contributed by atoms with Gasteiger partial charge in [-0.2, -0.15) is 10.2 Å². The van der Waals surface area contributed by atoms with Crippen molar-refractivity contribution in [3.05, 3.63) is 42.1 Å². The minimum Gasteiger partial charge on any atom is -0.368 e. The van der Waals surface area contributed by atoms with E-state index < -0.39 is 17.7 Å². The molecule has 10 heteroatoms. The number of likely N-dealkylation sites (tertiary alicyclic amines) is 1. The van der Waals surface area contributed by atoms with Gasteiger partial charge in [0.2, 0.25) is 11.5 Å². The second-order valence-electron chi connectivity index (χ2n) is 7.26. The molecule has 2 aliphatic rings. The van der Waals surface area contributed by atoms with Crippen molar-refractivity contribution in [3.8, 4) is 6.07 Å². The Hall–Kier alpha value is -3.58. The molecule has 0 radical (unpaired) electrons. The van der Waals surface area contributed by atoms with Crippen molar-refractivity contribution in [1.29, 1.82) is 5.26 Å². The quantitative estimate of drug-likeness (QED) is 0.731. The molecule has 0 spiro atoms. The minimum absolute atomic E-state index is 0.00472. The third-order valence-corrected chi connectivity index (χ3v) is 5.20. The summed E-state index contributed by atoms with van der Waals surface area (Å²) in [4.78, 5) is 35.8. The Morgan fingerprint density at radius 3 is 2.70 bits per heavy atom. The Morgan fingerprint density at radius 2 is 2.07 bits per heavy atom. The summed E-state index contributed by atoms with van der Waals surface area (Å²) in [5, 5.41) is 22.0. The maximum atomic E-state index is 13.3. The molecule has 3 heterocycles. The van der Waals surface area contributed by atoms with Crippen LogP contribution in [0, 0.1) is 11.3 Å². The van der Waals surface area contributed by atoms with Crippen LogP contribution in [0.25, 0.3) is 0 Å². The van der Waals surface area contributed by atoms with E-state index in [1.807, 2.05) is 0 Å². The summed E-state index contributed by atoms with van der Waals surface area (Å²) < 4.78 is 13.3. The number of benzene rings is 1. The average Bonchev–Trinajstić information content (AvgIpc) is 3.32. The summed E-state index contributed by atoms with van der Waals surface area (Å²) in [5.41, 5.74) is -0.948. The zero-order chi connectivity index (χ0) is 21.3. The van der Waals surface area contributed by atoms with Gasteiger partial charge in [0.25, 0.3) is 11.8 Å². The van der Waals surface area contributed by atoms with Crippen LogP contribution < -0.4 is 10.2 Å². The zero-order valence-electron chi connectivity index (χ0n) is 16.0. The Bertz CT molecular complexity index is 1020. The highest BCUT2D eigenvalue weighted by Gasteiger charge is 2.46. The van der Waals surface area contributed by atoms with Crippen molar-refractivity contribution in [1.82, 2.24) is 14.9 Å². The highest BCUT2D eigenvalue weighted by Crippen LogP contribution is 2.27. The largest absolute Gasteiger partial charge is 0.368 e. The third kappa shape index (κ3) is 3.67. The van der Waals surface area contributed by atoms with Gasteiger partial charge in [0.05, 0.1) is 6.54 Å². The Kier molecular flexibility index (Phi) is 5.05. The number of halogens is 1. The fraction of sp³-hybridized carbons (Fsp3) is 0.350. The molecule has 0 bridgehead atoms. The van der Waals surface area contributed by atoms with Gasteiger partial charge in [0, 0.05) is 37.0 Å². The van der Waals surface area contributed by atoms with Crippen molar-refractivity contribution in [2.45, 2.75) is 24.6 Å². The molecule has 2 N–H and O–H groups in total. The van der Waals surface area contributed by atoms with E-state index in [2.05, 4.69) is 15.3 Å². The lowest BCUT2D eigenvalue weighted by Gasteiger charge is -2.17. The van der Waals surface area contributed by atoms with Crippen LogP contribution in [0.1, 0.15) is 23.2 Å². The lowest BCUT2D eigenvalue weighted by Crippen LogP contribution is -2.39. The third-order valence-electron chi connectivity index (χ3n) is 5.20. The van der Waals surface area contributed by atoms with E-state index >= 15 is 0 Å². The van der Waals surface area contributed by atoms with Crippen molar-refractivity contribution in [2.75, 3.05) is 29.9 Å². The molecule has 2 aromatic rings. The summed E-state index contributed by atoms with van der Waals surface area (Å²) in [7, 11) is 0. The van der Waals surface area contributed by atoms with Gasteiger partial charge in [0.1, 0.15) is 18.1 Å². The SMILES string of the molecule is N#C[C@@]1(O)CCN(c2ccnc(Nc3ccc(C(=O)N4CC[C@H](F)C4)cc3)n2)C1=O. The standard InChI is InChI=1S/C20H19FN6O3/c21-14-6-9-26(11-14)17(28)13-1-3-15(4-2-13)24-19-23-8-5-16(25-19)27-10-7-20(30,12-22)18(27)29/h1-5,8,14,30H,6-7,9-11H2,(H,23,24,25)/t14-,20-/m0/s1. The number of alkyl halides is 1. The van der Waals surface area contributed by atoms with Crippen LogP contribution in [0.4, 0.5) is 21.8 Å². The van der Waals surface area contributed by atoms with E-state index in [1.165, 1.54) is 22.1 Å². The van der Waals surface area contributed by atoms with E-state index in [4.69, 9.17) is 5.26 Å². The summed E-state index contributed by atoms with van der Waals surface area (Å²) >= 11 is 0. The molecule has 2 atom stereocenters. The highest BCUT2D eigenvalue weighted by atomic mass is 19.1. The van der Waals surface area contributed by atoms with Crippen LogP contribution in [0.15, 0.2) is 36.5 Å². The van der Waals surface area contributed by atoms with Gasteiger partial charge in [-0.05, 0) is 36.8 Å².